The molecule has 1 heterocycles. The van der Waals surface area contributed by atoms with Crippen LogP contribution >= 0.6 is 11.6 Å². The normalized spacial score (nSPS) is 33.0. The van der Waals surface area contributed by atoms with E-state index >= 15 is 0 Å². The number of hydrogen-bond acceptors (Lipinski definition) is 3. The number of fused-ring (bicyclic) bond motifs is 1. The minimum absolute atomic E-state index is 0.169. The highest BCUT2D eigenvalue weighted by Gasteiger charge is 2.56. The lowest BCUT2D eigenvalue weighted by Gasteiger charge is -2.37. The number of hydrazone groups is 1. The van der Waals surface area contributed by atoms with Crippen LogP contribution in [0.1, 0.15) is 18.4 Å². The molecule has 3 aliphatic carbocycles. The first-order chi connectivity index (χ1) is 10.7. The molecule has 5 heteroatoms. The maximum Gasteiger partial charge on any atom is 0.254 e. The number of carbonyl (C=O) groups is 2. The first kappa shape index (κ1) is 13.7. The molecule has 112 valence electrons. The number of hydrogen-bond donors (Lipinski definition) is 0. The Morgan fingerprint density at radius 3 is 2.18 bits per heavy atom. The lowest BCUT2D eigenvalue weighted by molar-refractivity contribution is -0.140. The second-order valence-electron chi connectivity index (χ2n) is 6.10. The van der Waals surface area contributed by atoms with Crippen LogP contribution in [0.5, 0.6) is 0 Å². The summed E-state index contributed by atoms with van der Waals surface area (Å²) in [6.07, 6.45) is 7.67. The maximum atomic E-state index is 12.6. The molecule has 22 heavy (non-hydrogen) atoms. The van der Waals surface area contributed by atoms with Gasteiger partial charge in [0.1, 0.15) is 0 Å². The largest absolute Gasteiger partial charge is 0.272 e. The van der Waals surface area contributed by atoms with Gasteiger partial charge < -0.3 is 0 Å². The zero-order chi connectivity index (χ0) is 15.3. The summed E-state index contributed by atoms with van der Waals surface area (Å²) in [6.45, 7) is 0. The predicted molar refractivity (Wildman–Crippen MR) is 83.2 cm³/mol. The fourth-order valence-corrected chi connectivity index (χ4v) is 4.06. The Morgan fingerprint density at radius 1 is 1.05 bits per heavy atom. The van der Waals surface area contributed by atoms with Crippen LogP contribution in [-0.2, 0) is 9.59 Å². The lowest BCUT2D eigenvalue weighted by atomic mass is 9.63. The van der Waals surface area contributed by atoms with Crippen LogP contribution in [0.15, 0.2) is 41.5 Å². The molecule has 4 nitrogen and oxygen atoms in total. The minimum Gasteiger partial charge on any atom is -0.272 e. The van der Waals surface area contributed by atoms with Gasteiger partial charge in [-0.2, -0.15) is 10.1 Å². The number of rotatable bonds is 2. The molecule has 2 fully saturated rings. The van der Waals surface area contributed by atoms with Gasteiger partial charge >= 0.3 is 0 Å². The summed E-state index contributed by atoms with van der Waals surface area (Å²) in [7, 11) is 0. The molecule has 0 unspecified atom stereocenters. The maximum absolute atomic E-state index is 12.6. The first-order valence-corrected chi connectivity index (χ1v) is 7.89. The van der Waals surface area contributed by atoms with Gasteiger partial charge in [-0.3, -0.25) is 9.59 Å². The van der Waals surface area contributed by atoms with Crippen molar-refractivity contribution in [2.45, 2.75) is 12.8 Å². The molecule has 1 aromatic carbocycles. The summed E-state index contributed by atoms with van der Waals surface area (Å²) in [4.78, 5) is 25.1. The van der Waals surface area contributed by atoms with E-state index < -0.39 is 0 Å². The summed E-state index contributed by atoms with van der Waals surface area (Å²) >= 11 is 6.07. The van der Waals surface area contributed by atoms with Gasteiger partial charge in [-0.05, 0) is 30.7 Å². The van der Waals surface area contributed by atoms with Crippen LogP contribution in [0, 0.1) is 23.7 Å². The summed E-state index contributed by atoms with van der Waals surface area (Å²) in [5.41, 5.74) is 0.695. The minimum atomic E-state index is -0.223. The van der Waals surface area contributed by atoms with Crippen LogP contribution < -0.4 is 0 Å². The molecule has 5 rings (SSSR count). The standard InChI is InChI=1S/C17H15ClN2O2/c18-13-4-2-1-3-12(13)9-19-20-16(21)14-10-5-6-11(8-7-10)15(14)17(20)22/h1-6,9-11,14-15H,7-8H2/b19-9-/t10-,11-,14+,15+/m0/s1. The average molecular weight is 315 g/mol. The van der Waals surface area contributed by atoms with Gasteiger partial charge in [0.2, 0.25) is 0 Å². The first-order valence-electron chi connectivity index (χ1n) is 7.51. The molecule has 4 atom stereocenters. The quantitative estimate of drug-likeness (QED) is 0.479. The predicted octanol–water partition coefficient (Wildman–Crippen LogP) is 2.87. The van der Waals surface area contributed by atoms with Crippen molar-refractivity contribution < 1.29 is 9.59 Å². The Morgan fingerprint density at radius 2 is 1.64 bits per heavy atom. The molecule has 4 aliphatic rings. The Kier molecular flexibility index (Phi) is 3.15. The number of imide groups is 1. The lowest BCUT2D eigenvalue weighted by Crippen LogP contribution is -2.38. The Labute approximate surface area is 133 Å². The number of halogens is 1. The van der Waals surface area contributed by atoms with Crippen molar-refractivity contribution >= 4 is 29.6 Å². The fourth-order valence-electron chi connectivity index (χ4n) is 3.87. The number of nitrogens with zero attached hydrogens (tertiary/aromatic N) is 2. The van der Waals surface area contributed by atoms with E-state index in [1.165, 1.54) is 6.21 Å². The Bertz CT molecular complexity index is 680. The zero-order valence-corrected chi connectivity index (χ0v) is 12.6. The van der Waals surface area contributed by atoms with E-state index in [1.54, 1.807) is 12.1 Å². The molecule has 0 radical (unpaired) electrons. The molecule has 1 aliphatic heterocycles. The van der Waals surface area contributed by atoms with E-state index in [2.05, 4.69) is 17.3 Å². The van der Waals surface area contributed by atoms with Gasteiger partial charge in [0.05, 0.1) is 18.1 Å². The molecule has 0 aromatic heterocycles. The number of amides is 2. The molecular formula is C17H15ClN2O2. The number of allylic oxidation sites excluding steroid dienone is 2. The van der Waals surface area contributed by atoms with Crippen molar-refractivity contribution in [2.75, 3.05) is 0 Å². The van der Waals surface area contributed by atoms with E-state index in [4.69, 9.17) is 11.6 Å². The van der Waals surface area contributed by atoms with Crippen LogP contribution in [0.4, 0.5) is 0 Å². The third-order valence-corrected chi connectivity index (χ3v) is 5.30. The van der Waals surface area contributed by atoms with Crippen molar-refractivity contribution in [2.24, 2.45) is 28.8 Å². The second kappa shape index (κ2) is 5.06. The Hall–Kier alpha value is -1.94. The van der Waals surface area contributed by atoms with Crippen LogP contribution in [0.3, 0.4) is 0 Å². The van der Waals surface area contributed by atoms with Gasteiger partial charge in [-0.1, -0.05) is 42.0 Å². The third kappa shape index (κ3) is 1.94. The molecule has 1 saturated heterocycles. The van der Waals surface area contributed by atoms with Crippen LogP contribution in [-0.4, -0.2) is 23.0 Å². The van der Waals surface area contributed by atoms with Gasteiger partial charge in [-0.15, -0.1) is 0 Å². The molecule has 0 spiro atoms. The van der Waals surface area contributed by atoms with Gasteiger partial charge in [-0.25, -0.2) is 0 Å². The smallest absolute Gasteiger partial charge is 0.254 e. The van der Waals surface area contributed by atoms with Gasteiger partial charge in [0, 0.05) is 10.6 Å². The highest BCUT2D eigenvalue weighted by atomic mass is 35.5. The van der Waals surface area contributed by atoms with Gasteiger partial charge in [0.25, 0.3) is 11.8 Å². The summed E-state index contributed by atoms with van der Waals surface area (Å²) in [5, 5.41) is 5.73. The second-order valence-corrected chi connectivity index (χ2v) is 6.50. The van der Waals surface area contributed by atoms with Crippen molar-refractivity contribution in [3.63, 3.8) is 0 Å². The van der Waals surface area contributed by atoms with Crippen LogP contribution in [0.2, 0.25) is 5.02 Å². The van der Waals surface area contributed by atoms with Gasteiger partial charge in [0.15, 0.2) is 0 Å². The number of benzene rings is 1. The summed E-state index contributed by atoms with van der Waals surface area (Å²) in [6, 6.07) is 7.21. The highest BCUT2D eigenvalue weighted by molar-refractivity contribution is 6.33. The number of carbonyl (C=O) groups excluding carboxylic acids is 2. The topological polar surface area (TPSA) is 49.7 Å². The van der Waals surface area contributed by atoms with E-state index in [0.717, 1.165) is 17.9 Å². The Balaban J connectivity index is 1.63. The molecule has 1 aromatic rings. The molecule has 2 bridgehead atoms. The van der Waals surface area contributed by atoms with Crippen molar-refractivity contribution in [3.8, 4) is 0 Å². The van der Waals surface area contributed by atoms with E-state index in [-0.39, 0.29) is 35.5 Å². The SMILES string of the molecule is O=C1[C@H]2[C@H](C(=O)N1/N=C\c1ccccc1Cl)[C@H]1C=C[C@H]2CC1. The van der Waals surface area contributed by atoms with Crippen LogP contribution in [0.25, 0.3) is 0 Å². The third-order valence-electron chi connectivity index (χ3n) is 4.95. The summed E-state index contributed by atoms with van der Waals surface area (Å²) in [5.74, 6) is -0.409. The molecular weight excluding hydrogens is 300 g/mol. The molecule has 2 amide bonds. The molecule has 1 saturated carbocycles. The fraction of sp³-hybridized carbons (Fsp3) is 0.353. The molecule has 0 N–H and O–H groups in total. The van der Waals surface area contributed by atoms with E-state index in [1.807, 2.05) is 12.1 Å². The van der Waals surface area contributed by atoms with Crippen molar-refractivity contribution in [1.29, 1.82) is 0 Å². The summed E-state index contributed by atoms with van der Waals surface area (Å²) < 4.78 is 0. The highest BCUT2D eigenvalue weighted by Crippen LogP contribution is 2.49. The average Bonchev–Trinajstić information content (AvgIpc) is 2.82. The van der Waals surface area contributed by atoms with E-state index in [0.29, 0.717) is 10.6 Å². The van der Waals surface area contributed by atoms with E-state index in [9.17, 15) is 9.59 Å². The monoisotopic (exact) mass is 314 g/mol. The van der Waals surface area contributed by atoms with Crippen molar-refractivity contribution in [1.82, 2.24) is 5.01 Å². The zero-order valence-electron chi connectivity index (χ0n) is 11.9. The van der Waals surface area contributed by atoms with Crippen molar-refractivity contribution in [3.05, 3.63) is 47.0 Å².